The van der Waals surface area contributed by atoms with Crippen LogP contribution in [0.1, 0.15) is 19.8 Å². The zero-order valence-corrected chi connectivity index (χ0v) is 15.5. The van der Waals surface area contributed by atoms with Gasteiger partial charge in [0, 0.05) is 37.4 Å². The minimum Gasteiger partial charge on any atom is -0.310 e. The summed E-state index contributed by atoms with van der Waals surface area (Å²) < 4.78 is 4.69. The van der Waals surface area contributed by atoms with Gasteiger partial charge in [-0.2, -0.15) is 4.98 Å². The molecular formula is C18H20ClN5O2. The molecule has 0 unspecified atom stereocenters. The Kier molecular flexibility index (Phi) is 4.11. The van der Waals surface area contributed by atoms with Gasteiger partial charge >= 0.3 is 5.69 Å². The van der Waals surface area contributed by atoms with E-state index in [1.165, 1.54) is 9.13 Å². The van der Waals surface area contributed by atoms with E-state index in [-0.39, 0.29) is 11.2 Å². The highest BCUT2D eigenvalue weighted by Gasteiger charge is 2.28. The maximum absolute atomic E-state index is 13.0. The average molecular weight is 374 g/mol. The summed E-state index contributed by atoms with van der Waals surface area (Å²) in [5.74, 6) is 0.669. The van der Waals surface area contributed by atoms with Crippen LogP contribution in [0.4, 0.5) is 11.6 Å². The zero-order valence-electron chi connectivity index (χ0n) is 14.8. The number of nitrogens with zero attached hydrogens (tertiary/aromatic N) is 5. The van der Waals surface area contributed by atoms with Crippen LogP contribution < -0.4 is 16.1 Å². The van der Waals surface area contributed by atoms with Crippen LogP contribution in [0.3, 0.4) is 0 Å². The van der Waals surface area contributed by atoms with Gasteiger partial charge in [-0.15, -0.1) is 0 Å². The summed E-state index contributed by atoms with van der Waals surface area (Å²) >= 11 is 6.12. The molecule has 0 aliphatic carbocycles. The molecule has 3 heterocycles. The summed E-state index contributed by atoms with van der Waals surface area (Å²) in [4.78, 5) is 32.2. The Bertz CT molecular complexity index is 1110. The van der Waals surface area contributed by atoms with E-state index in [0.29, 0.717) is 41.8 Å². The number of unbranched alkanes of at least 4 members (excludes halogenated alkanes) is 1. The quantitative estimate of drug-likeness (QED) is 0.704. The van der Waals surface area contributed by atoms with Gasteiger partial charge in [0.2, 0.25) is 5.95 Å². The maximum atomic E-state index is 13.0. The number of fused-ring (bicyclic) bond motifs is 3. The smallest absolute Gasteiger partial charge is 0.310 e. The molecule has 2 aromatic heterocycles. The van der Waals surface area contributed by atoms with Crippen LogP contribution in [0.25, 0.3) is 11.2 Å². The third kappa shape index (κ3) is 2.46. The monoisotopic (exact) mass is 373 g/mol. The normalized spacial score (nSPS) is 13.6. The minimum atomic E-state index is -0.318. The molecule has 0 bridgehead atoms. The van der Waals surface area contributed by atoms with Gasteiger partial charge in [-0.25, -0.2) is 4.79 Å². The number of benzene rings is 1. The standard InChI is InChI=1S/C18H20ClN5O2/c1-3-4-8-24-16(25)14-15(21(2)18(24)26)20-17-22(9-10-23(14)17)13-7-5-6-12(19)11-13/h5-7,11H,3-4,8-10H2,1-2H3. The van der Waals surface area contributed by atoms with Crippen molar-refractivity contribution in [3.8, 4) is 0 Å². The molecule has 0 saturated carbocycles. The van der Waals surface area contributed by atoms with Gasteiger partial charge in [0.1, 0.15) is 0 Å². The molecule has 0 fully saturated rings. The summed E-state index contributed by atoms with van der Waals surface area (Å²) in [6.45, 7) is 3.80. The van der Waals surface area contributed by atoms with Gasteiger partial charge in [-0.3, -0.25) is 13.9 Å². The molecule has 0 radical (unpaired) electrons. The van der Waals surface area contributed by atoms with E-state index in [0.717, 1.165) is 18.5 Å². The Labute approximate surface area is 155 Å². The molecule has 0 spiro atoms. The van der Waals surface area contributed by atoms with Gasteiger partial charge in [0.05, 0.1) is 0 Å². The van der Waals surface area contributed by atoms with Crippen LogP contribution in [0.15, 0.2) is 33.9 Å². The molecule has 4 rings (SSSR count). The first kappa shape index (κ1) is 16.9. The van der Waals surface area contributed by atoms with E-state index in [4.69, 9.17) is 11.6 Å². The fraction of sp³-hybridized carbons (Fsp3) is 0.389. The molecule has 8 heteroatoms. The third-order valence-electron chi connectivity index (χ3n) is 4.86. The van der Waals surface area contributed by atoms with Crippen molar-refractivity contribution >= 4 is 34.4 Å². The van der Waals surface area contributed by atoms with Crippen LogP contribution in [0.5, 0.6) is 0 Å². The second kappa shape index (κ2) is 6.32. The van der Waals surface area contributed by atoms with Crippen molar-refractivity contribution < 1.29 is 0 Å². The van der Waals surface area contributed by atoms with Crippen molar-refractivity contribution in [2.75, 3.05) is 11.4 Å². The molecule has 3 aromatic rings. The van der Waals surface area contributed by atoms with Gasteiger partial charge < -0.3 is 9.47 Å². The number of hydrogen-bond acceptors (Lipinski definition) is 4. The Morgan fingerprint density at radius 1 is 1.23 bits per heavy atom. The average Bonchev–Trinajstić information content (AvgIpc) is 3.19. The fourth-order valence-corrected chi connectivity index (χ4v) is 3.66. The molecule has 1 aliphatic heterocycles. The molecule has 136 valence electrons. The summed E-state index contributed by atoms with van der Waals surface area (Å²) in [5, 5.41) is 0.645. The van der Waals surface area contributed by atoms with Crippen LogP contribution in [0.2, 0.25) is 5.02 Å². The minimum absolute atomic E-state index is 0.261. The molecule has 1 aromatic carbocycles. The van der Waals surface area contributed by atoms with E-state index in [2.05, 4.69) is 4.98 Å². The highest BCUT2D eigenvalue weighted by atomic mass is 35.5. The van der Waals surface area contributed by atoms with Gasteiger partial charge in [0.15, 0.2) is 11.2 Å². The van der Waals surface area contributed by atoms with Crippen LogP contribution in [0, 0.1) is 0 Å². The summed E-state index contributed by atoms with van der Waals surface area (Å²) in [6.07, 6.45) is 1.71. The van der Waals surface area contributed by atoms with Crippen molar-refractivity contribution in [3.05, 3.63) is 50.1 Å². The predicted octanol–water partition coefficient (Wildman–Crippen LogP) is 2.50. The Balaban J connectivity index is 1.92. The molecule has 1 aliphatic rings. The van der Waals surface area contributed by atoms with Crippen LogP contribution in [-0.4, -0.2) is 25.2 Å². The lowest BCUT2D eigenvalue weighted by atomic mass is 10.3. The molecule has 0 amide bonds. The number of imidazole rings is 1. The van der Waals surface area contributed by atoms with Crippen molar-refractivity contribution in [3.63, 3.8) is 0 Å². The van der Waals surface area contributed by atoms with E-state index < -0.39 is 0 Å². The molecule has 0 saturated heterocycles. The Hall–Kier alpha value is -2.54. The number of halogens is 1. The first-order valence-corrected chi connectivity index (χ1v) is 9.14. The highest BCUT2D eigenvalue weighted by Crippen LogP contribution is 2.32. The molecule has 26 heavy (non-hydrogen) atoms. The SMILES string of the molecule is CCCCn1c(=O)c2c(nc3n2CCN3c2cccc(Cl)c2)n(C)c1=O. The Morgan fingerprint density at radius 2 is 2.04 bits per heavy atom. The lowest BCUT2D eigenvalue weighted by Crippen LogP contribution is -2.39. The highest BCUT2D eigenvalue weighted by molar-refractivity contribution is 6.30. The summed E-state index contributed by atoms with van der Waals surface area (Å²) in [6, 6.07) is 7.53. The fourth-order valence-electron chi connectivity index (χ4n) is 3.48. The number of hydrogen-bond donors (Lipinski definition) is 0. The predicted molar refractivity (Wildman–Crippen MR) is 103 cm³/mol. The first-order chi connectivity index (χ1) is 12.5. The Morgan fingerprint density at radius 3 is 2.77 bits per heavy atom. The molecule has 0 atom stereocenters. The van der Waals surface area contributed by atoms with E-state index in [1.807, 2.05) is 40.7 Å². The van der Waals surface area contributed by atoms with Crippen LogP contribution in [-0.2, 0) is 20.1 Å². The molecule has 7 nitrogen and oxygen atoms in total. The third-order valence-corrected chi connectivity index (χ3v) is 5.09. The maximum Gasteiger partial charge on any atom is 0.332 e. The number of anilines is 2. The number of rotatable bonds is 4. The van der Waals surface area contributed by atoms with Crippen molar-refractivity contribution in [1.29, 1.82) is 0 Å². The zero-order chi connectivity index (χ0) is 18.4. The van der Waals surface area contributed by atoms with E-state index in [9.17, 15) is 9.59 Å². The molecular weight excluding hydrogens is 354 g/mol. The largest absolute Gasteiger partial charge is 0.332 e. The van der Waals surface area contributed by atoms with Gasteiger partial charge in [-0.05, 0) is 24.6 Å². The van der Waals surface area contributed by atoms with Crippen molar-refractivity contribution in [2.24, 2.45) is 7.05 Å². The van der Waals surface area contributed by atoms with Crippen molar-refractivity contribution in [2.45, 2.75) is 32.9 Å². The second-order valence-corrected chi connectivity index (χ2v) is 6.96. The van der Waals surface area contributed by atoms with Gasteiger partial charge in [0.25, 0.3) is 5.56 Å². The number of aryl methyl sites for hydroxylation is 1. The lowest BCUT2D eigenvalue weighted by Gasteiger charge is -2.16. The summed E-state index contributed by atoms with van der Waals surface area (Å²) in [7, 11) is 1.67. The van der Waals surface area contributed by atoms with Crippen molar-refractivity contribution in [1.82, 2.24) is 18.7 Å². The van der Waals surface area contributed by atoms with Gasteiger partial charge in [-0.1, -0.05) is 31.0 Å². The second-order valence-electron chi connectivity index (χ2n) is 6.52. The first-order valence-electron chi connectivity index (χ1n) is 8.76. The number of aromatic nitrogens is 4. The van der Waals surface area contributed by atoms with E-state index in [1.54, 1.807) is 7.05 Å². The van der Waals surface area contributed by atoms with Crippen LogP contribution >= 0.6 is 11.6 Å². The lowest BCUT2D eigenvalue weighted by molar-refractivity contribution is 0.564. The summed E-state index contributed by atoms with van der Waals surface area (Å²) in [5.41, 5.74) is 1.25. The topological polar surface area (TPSA) is 65.1 Å². The molecule has 0 N–H and O–H groups in total. The van der Waals surface area contributed by atoms with E-state index >= 15 is 0 Å².